The Morgan fingerprint density at radius 1 is 0.704 bits per heavy atom. The summed E-state index contributed by atoms with van der Waals surface area (Å²) in [6.07, 6.45) is -3.77. The molecule has 0 spiro atoms. The number of halogens is 2. The van der Waals surface area contributed by atoms with E-state index in [0.717, 1.165) is 0 Å². The van der Waals surface area contributed by atoms with Crippen LogP contribution in [0.2, 0.25) is 0 Å². The Labute approximate surface area is 155 Å². The lowest BCUT2D eigenvalue weighted by Crippen LogP contribution is -2.56. The monoisotopic (exact) mass is 372 g/mol. The molecule has 0 bridgehead atoms. The number of amides is 4. The van der Waals surface area contributed by atoms with Crippen molar-refractivity contribution in [3.63, 3.8) is 0 Å². The van der Waals surface area contributed by atoms with Crippen LogP contribution in [0.3, 0.4) is 0 Å². The zero-order valence-corrected chi connectivity index (χ0v) is 14.4. The van der Waals surface area contributed by atoms with Crippen molar-refractivity contribution in [1.82, 2.24) is 9.80 Å². The molecule has 1 fully saturated rings. The maximum atomic E-state index is 14.5. The van der Waals surface area contributed by atoms with Crippen LogP contribution in [0.5, 0.6) is 0 Å². The molecule has 0 radical (unpaired) electrons. The molecule has 5 nitrogen and oxygen atoms in total. The van der Waals surface area contributed by atoms with Crippen molar-refractivity contribution in [2.75, 3.05) is 13.1 Å². The van der Waals surface area contributed by atoms with Crippen LogP contribution in [0.1, 0.15) is 29.9 Å². The van der Waals surface area contributed by atoms with Crippen molar-refractivity contribution in [2.45, 2.75) is 18.8 Å². The Balaban J connectivity index is 1.73. The quantitative estimate of drug-likeness (QED) is 0.728. The molecule has 1 heterocycles. The van der Waals surface area contributed by atoms with Gasteiger partial charge in [-0.05, 0) is 11.1 Å². The van der Waals surface area contributed by atoms with Gasteiger partial charge in [-0.1, -0.05) is 60.7 Å². The number of benzene rings is 2. The third-order valence-electron chi connectivity index (χ3n) is 4.37. The van der Waals surface area contributed by atoms with E-state index in [4.69, 9.17) is 0 Å². The molecule has 2 atom stereocenters. The van der Waals surface area contributed by atoms with Crippen LogP contribution < -0.4 is 0 Å². The lowest BCUT2D eigenvalue weighted by Gasteiger charge is -2.34. The molecule has 1 unspecified atom stereocenters. The summed E-state index contributed by atoms with van der Waals surface area (Å²) >= 11 is 0. The van der Waals surface area contributed by atoms with Gasteiger partial charge >= 0.3 is 6.03 Å². The molecule has 0 saturated carbocycles. The molecule has 27 heavy (non-hydrogen) atoms. The van der Waals surface area contributed by atoms with E-state index in [1.54, 1.807) is 60.7 Å². The molecule has 1 saturated heterocycles. The Bertz CT molecular complexity index is 762. The number of rotatable bonds is 6. The first-order chi connectivity index (χ1) is 13.0. The largest absolute Gasteiger partial charge is 0.333 e. The lowest BCUT2D eigenvalue weighted by molar-refractivity contribution is -0.143. The highest BCUT2D eigenvalue weighted by molar-refractivity contribution is 6.14. The molecule has 4 amide bonds. The van der Waals surface area contributed by atoms with Gasteiger partial charge in [-0.3, -0.25) is 19.4 Å². The molecule has 3 rings (SSSR count). The van der Waals surface area contributed by atoms with Gasteiger partial charge < -0.3 is 0 Å². The Kier molecular flexibility index (Phi) is 5.59. The molecule has 0 aromatic heterocycles. The van der Waals surface area contributed by atoms with Gasteiger partial charge in [0.15, 0.2) is 0 Å². The molecule has 0 N–H and O–H groups in total. The second kappa shape index (κ2) is 8.07. The summed E-state index contributed by atoms with van der Waals surface area (Å²) in [7, 11) is 0. The highest BCUT2D eigenvalue weighted by Gasteiger charge is 2.40. The van der Waals surface area contributed by atoms with Gasteiger partial charge in [0, 0.05) is 0 Å². The number of carbonyl (C=O) groups is 3. The second-order valence-electron chi connectivity index (χ2n) is 6.22. The average Bonchev–Trinajstić information content (AvgIpc) is 2.69. The maximum Gasteiger partial charge on any atom is 0.333 e. The van der Waals surface area contributed by atoms with Crippen molar-refractivity contribution in [1.29, 1.82) is 0 Å². The fraction of sp³-hybridized carbons (Fsp3) is 0.250. The van der Waals surface area contributed by atoms with Crippen molar-refractivity contribution < 1.29 is 23.2 Å². The number of hydrogen-bond acceptors (Lipinski definition) is 3. The van der Waals surface area contributed by atoms with E-state index < -0.39 is 49.7 Å². The minimum Gasteiger partial charge on any atom is -0.274 e. The predicted molar refractivity (Wildman–Crippen MR) is 94.0 cm³/mol. The van der Waals surface area contributed by atoms with Crippen LogP contribution in [0.15, 0.2) is 60.7 Å². The number of carbonyl (C=O) groups excluding carboxylic acids is 3. The maximum absolute atomic E-state index is 14.5. The summed E-state index contributed by atoms with van der Waals surface area (Å²) < 4.78 is 29.0. The molecule has 1 aliphatic heterocycles. The summed E-state index contributed by atoms with van der Waals surface area (Å²) in [6.45, 7) is -1.04. The van der Waals surface area contributed by atoms with Crippen LogP contribution >= 0.6 is 0 Å². The number of urea groups is 1. The van der Waals surface area contributed by atoms with E-state index in [-0.39, 0.29) is 0 Å². The number of barbiturate groups is 1. The zero-order chi connectivity index (χ0) is 19.4. The Morgan fingerprint density at radius 2 is 1.07 bits per heavy atom. The first-order valence-corrected chi connectivity index (χ1v) is 8.50. The number of imide groups is 2. The average molecular weight is 372 g/mol. The lowest BCUT2D eigenvalue weighted by atomic mass is 10.1. The summed E-state index contributed by atoms with van der Waals surface area (Å²) in [5.41, 5.74) is 0.628. The standard InChI is InChI=1S/C20H18F2N2O3/c21-16(14-7-3-1-4-8-14)12-23-18(25)11-19(26)24(20(23)27)13-17(22)15-9-5-2-6-10-15/h1-10,16-17H,11-13H2/t16-,17?/m0/s1. The van der Waals surface area contributed by atoms with Gasteiger partial charge in [0.1, 0.15) is 18.8 Å². The highest BCUT2D eigenvalue weighted by Crippen LogP contribution is 2.25. The van der Waals surface area contributed by atoms with E-state index in [1.165, 1.54) is 0 Å². The van der Waals surface area contributed by atoms with Crippen LogP contribution in [-0.2, 0) is 9.59 Å². The Hall–Kier alpha value is -3.09. The van der Waals surface area contributed by atoms with Crippen LogP contribution in [0.25, 0.3) is 0 Å². The summed E-state index contributed by atoms with van der Waals surface area (Å²) in [5, 5.41) is 0. The van der Waals surface area contributed by atoms with Crippen molar-refractivity contribution in [3.05, 3.63) is 71.8 Å². The smallest absolute Gasteiger partial charge is 0.274 e. The topological polar surface area (TPSA) is 57.7 Å². The Morgan fingerprint density at radius 3 is 1.44 bits per heavy atom. The third kappa shape index (κ3) is 4.19. The van der Waals surface area contributed by atoms with Gasteiger partial charge in [-0.2, -0.15) is 0 Å². The van der Waals surface area contributed by atoms with Crippen molar-refractivity contribution in [2.24, 2.45) is 0 Å². The van der Waals surface area contributed by atoms with Crippen molar-refractivity contribution in [3.8, 4) is 0 Å². The summed E-state index contributed by atoms with van der Waals surface area (Å²) in [4.78, 5) is 38.1. The first-order valence-electron chi connectivity index (χ1n) is 8.50. The molecular weight excluding hydrogens is 354 g/mol. The summed E-state index contributed by atoms with van der Waals surface area (Å²) in [5.74, 6) is -1.56. The van der Waals surface area contributed by atoms with Crippen molar-refractivity contribution >= 4 is 17.8 Å². The molecular formula is C20H18F2N2O3. The zero-order valence-electron chi connectivity index (χ0n) is 14.4. The van der Waals surface area contributed by atoms with Crippen LogP contribution in [0.4, 0.5) is 13.6 Å². The number of nitrogens with zero attached hydrogens (tertiary/aromatic N) is 2. The van der Waals surface area contributed by atoms with Crippen LogP contribution in [-0.4, -0.2) is 40.7 Å². The first kappa shape index (κ1) is 18.7. The second-order valence-corrected chi connectivity index (χ2v) is 6.22. The number of hydrogen-bond donors (Lipinski definition) is 0. The fourth-order valence-electron chi connectivity index (χ4n) is 2.89. The minimum absolute atomic E-state index is 0.314. The highest BCUT2D eigenvalue weighted by atomic mass is 19.1. The fourth-order valence-corrected chi connectivity index (χ4v) is 2.89. The van der Waals surface area contributed by atoms with Gasteiger partial charge in [0.2, 0.25) is 11.8 Å². The van der Waals surface area contributed by atoms with E-state index in [2.05, 4.69) is 0 Å². The molecule has 140 valence electrons. The number of alkyl halides is 2. The predicted octanol–water partition coefficient (Wildman–Crippen LogP) is 3.59. The normalized spacial score (nSPS) is 17.2. The van der Waals surface area contributed by atoms with Gasteiger partial charge in [0.05, 0.1) is 13.1 Å². The van der Waals surface area contributed by atoms with E-state index in [9.17, 15) is 23.2 Å². The SMILES string of the molecule is O=C1CC(=O)N(C[C@H](F)c2ccccc2)C(=O)N1CC(F)c1ccccc1. The molecule has 7 heteroatoms. The van der Waals surface area contributed by atoms with E-state index >= 15 is 0 Å². The van der Waals surface area contributed by atoms with Gasteiger partial charge in [-0.25, -0.2) is 13.6 Å². The van der Waals surface area contributed by atoms with E-state index in [1.807, 2.05) is 0 Å². The van der Waals surface area contributed by atoms with E-state index in [0.29, 0.717) is 20.9 Å². The molecule has 0 aliphatic carbocycles. The third-order valence-corrected chi connectivity index (χ3v) is 4.37. The summed E-state index contributed by atoms with van der Waals surface area (Å²) in [6, 6.07) is 15.2. The molecule has 2 aromatic rings. The van der Waals surface area contributed by atoms with Gasteiger partial charge in [-0.15, -0.1) is 0 Å². The minimum atomic E-state index is -1.59. The molecule has 2 aromatic carbocycles. The van der Waals surface area contributed by atoms with Gasteiger partial charge in [0.25, 0.3) is 0 Å². The van der Waals surface area contributed by atoms with Crippen LogP contribution in [0, 0.1) is 0 Å². The molecule has 1 aliphatic rings.